The van der Waals surface area contributed by atoms with Gasteiger partial charge < -0.3 is 4.74 Å². The van der Waals surface area contributed by atoms with Crippen LogP contribution in [0.25, 0.3) is 0 Å². The third kappa shape index (κ3) is 4.62. The summed E-state index contributed by atoms with van der Waals surface area (Å²) in [5.74, 6) is 5.02. The first-order chi connectivity index (χ1) is 15.6. The molecule has 4 fully saturated rings. The number of fused-ring (bicyclic) bond motifs is 5. The van der Waals surface area contributed by atoms with Crippen molar-refractivity contribution in [2.75, 3.05) is 0 Å². The first kappa shape index (κ1) is 25.1. The van der Waals surface area contributed by atoms with Gasteiger partial charge in [-0.3, -0.25) is 0 Å². The molecule has 4 rings (SSSR count). The van der Waals surface area contributed by atoms with Crippen molar-refractivity contribution in [1.82, 2.24) is 0 Å². The zero-order valence-corrected chi connectivity index (χ0v) is 22.3. The first-order valence-electron chi connectivity index (χ1n) is 14.1. The summed E-state index contributed by atoms with van der Waals surface area (Å²) < 4.78 is 5.81. The Morgan fingerprint density at radius 3 is 2.36 bits per heavy atom. The molecule has 0 spiro atoms. The van der Waals surface area contributed by atoms with Gasteiger partial charge >= 0.3 is 5.97 Å². The standard InChI is InChI=1S/C31H50O2/c1-20(2)9-8-10-22(5)26-13-14-27-25-12-11-23-19-24(33-29(32)21(3)4)15-17-30(23,6)28(25)16-18-31(26,27)7/h22-28H,1,3,8-19H2,2,4-7H3/t22-,23?,24?,25+,26-,27+,28+,30+,31-/m1/s1. The number of allylic oxidation sites excluding steroid dienone is 1. The topological polar surface area (TPSA) is 26.3 Å². The van der Waals surface area contributed by atoms with E-state index in [1.165, 1.54) is 69.8 Å². The monoisotopic (exact) mass is 454 g/mol. The van der Waals surface area contributed by atoms with E-state index in [4.69, 9.17) is 4.74 Å². The average Bonchev–Trinajstić information content (AvgIpc) is 3.11. The Hall–Kier alpha value is -1.05. The zero-order chi connectivity index (χ0) is 24.0. The molecule has 186 valence electrons. The van der Waals surface area contributed by atoms with Gasteiger partial charge in [0, 0.05) is 5.57 Å². The highest BCUT2D eigenvalue weighted by Gasteiger charge is 2.60. The maximum atomic E-state index is 12.1. The number of carbonyl (C=O) groups is 1. The molecule has 0 aliphatic heterocycles. The third-order valence-electron chi connectivity index (χ3n) is 11.3. The minimum Gasteiger partial charge on any atom is -0.459 e. The van der Waals surface area contributed by atoms with Gasteiger partial charge in [0.15, 0.2) is 0 Å². The number of carbonyl (C=O) groups excluding carboxylic acids is 1. The number of hydrogen-bond donors (Lipinski definition) is 0. The van der Waals surface area contributed by atoms with Gasteiger partial charge in [-0.1, -0.05) is 39.3 Å². The maximum absolute atomic E-state index is 12.1. The van der Waals surface area contributed by atoms with Crippen molar-refractivity contribution in [3.63, 3.8) is 0 Å². The quantitative estimate of drug-likeness (QED) is 0.219. The van der Waals surface area contributed by atoms with Gasteiger partial charge in [-0.15, -0.1) is 6.58 Å². The van der Waals surface area contributed by atoms with Crippen molar-refractivity contribution in [2.45, 2.75) is 118 Å². The van der Waals surface area contributed by atoms with Crippen molar-refractivity contribution >= 4 is 5.97 Å². The maximum Gasteiger partial charge on any atom is 0.333 e. The summed E-state index contributed by atoms with van der Waals surface area (Å²) in [6.07, 6.45) is 15.9. The Kier molecular flexibility index (Phi) is 7.24. The van der Waals surface area contributed by atoms with E-state index in [2.05, 4.69) is 40.9 Å². The molecule has 2 unspecified atom stereocenters. The molecule has 2 heteroatoms. The number of hydrogen-bond acceptors (Lipinski definition) is 2. The average molecular weight is 455 g/mol. The van der Waals surface area contributed by atoms with Crippen LogP contribution in [0.4, 0.5) is 0 Å². The Labute approximate surface area is 204 Å². The fraction of sp³-hybridized carbons (Fsp3) is 0.839. The van der Waals surface area contributed by atoms with Crippen LogP contribution in [0.1, 0.15) is 112 Å². The molecule has 4 saturated carbocycles. The molecule has 0 amide bonds. The number of rotatable bonds is 7. The van der Waals surface area contributed by atoms with Crippen molar-refractivity contribution in [3.05, 3.63) is 24.3 Å². The van der Waals surface area contributed by atoms with E-state index in [1.54, 1.807) is 6.92 Å². The molecule has 33 heavy (non-hydrogen) atoms. The van der Waals surface area contributed by atoms with Gasteiger partial charge in [-0.2, -0.15) is 0 Å². The van der Waals surface area contributed by atoms with Crippen molar-refractivity contribution < 1.29 is 9.53 Å². The zero-order valence-electron chi connectivity index (χ0n) is 22.3. The van der Waals surface area contributed by atoms with Crippen LogP contribution >= 0.6 is 0 Å². The van der Waals surface area contributed by atoms with Crippen molar-refractivity contribution in [2.24, 2.45) is 46.3 Å². The third-order valence-corrected chi connectivity index (χ3v) is 11.3. The molecule has 0 bridgehead atoms. The first-order valence-corrected chi connectivity index (χ1v) is 14.1. The highest BCUT2D eigenvalue weighted by atomic mass is 16.5. The Bertz CT molecular complexity index is 767. The van der Waals surface area contributed by atoms with Gasteiger partial charge in [0.25, 0.3) is 0 Å². The van der Waals surface area contributed by atoms with E-state index >= 15 is 0 Å². The summed E-state index contributed by atoms with van der Waals surface area (Å²) in [5.41, 5.74) is 2.87. The molecule has 2 nitrogen and oxygen atoms in total. The molecule has 0 saturated heterocycles. The predicted molar refractivity (Wildman–Crippen MR) is 138 cm³/mol. The summed E-state index contributed by atoms with van der Waals surface area (Å²) in [6, 6.07) is 0. The van der Waals surface area contributed by atoms with Gasteiger partial charge in [-0.05, 0) is 131 Å². The summed E-state index contributed by atoms with van der Waals surface area (Å²) in [4.78, 5) is 12.1. The largest absolute Gasteiger partial charge is 0.459 e. The highest BCUT2D eigenvalue weighted by molar-refractivity contribution is 5.87. The SMILES string of the molecule is C=C(C)CCC[C@@H](C)[C@H]1CC[C@H]2[C@@H]3CCC4CC(OC(=O)C(=C)C)CC[C@]4(C)[C@H]3CC[C@]12C. The van der Waals surface area contributed by atoms with Gasteiger partial charge in [-0.25, -0.2) is 4.79 Å². The lowest BCUT2D eigenvalue weighted by Gasteiger charge is -2.61. The summed E-state index contributed by atoms with van der Waals surface area (Å²) in [7, 11) is 0. The van der Waals surface area contributed by atoms with Crippen molar-refractivity contribution in [3.8, 4) is 0 Å². The number of ether oxygens (including phenoxy) is 1. The van der Waals surface area contributed by atoms with Crippen LogP contribution in [-0.2, 0) is 9.53 Å². The Balaban J connectivity index is 1.42. The summed E-state index contributed by atoms with van der Waals surface area (Å²) in [5, 5.41) is 0. The normalized spacial score (nSPS) is 43.1. The van der Waals surface area contributed by atoms with Gasteiger partial charge in [0.1, 0.15) is 6.10 Å². The molecular formula is C31H50O2. The lowest BCUT2D eigenvalue weighted by atomic mass is 9.44. The fourth-order valence-electron chi connectivity index (χ4n) is 9.48. The minimum atomic E-state index is -0.194. The van der Waals surface area contributed by atoms with E-state index in [0.717, 1.165) is 48.3 Å². The molecule has 4 aliphatic carbocycles. The summed E-state index contributed by atoms with van der Waals surface area (Å²) in [6.45, 7) is 19.7. The van der Waals surface area contributed by atoms with Crippen LogP contribution in [-0.4, -0.2) is 12.1 Å². The second kappa shape index (κ2) is 9.54. The van der Waals surface area contributed by atoms with E-state index in [0.29, 0.717) is 16.4 Å². The van der Waals surface area contributed by atoms with Crippen LogP contribution in [0.2, 0.25) is 0 Å². The van der Waals surface area contributed by atoms with Gasteiger partial charge in [0.05, 0.1) is 0 Å². The van der Waals surface area contributed by atoms with E-state index in [9.17, 15) is 4.79 Å². The highest BCUT2D eigenvalue weighted by Crippen LogP contribution is 2.68. The van der Waals surface area contributed by atoms with Gasteiger partial charge in [0.2, 0.25) is 0 Å². The van der Waals surface area contributed by atoms with Crippen LogP contribution in [0, 0.1) is 46.3 Å². The molecule has 0 radical (unpaired) electrons. The molecule has 9 atom stereocenters. The Morgan fingerprint density at radius 2 is 1.67 bits per heavy atom. The molecule has 0 heterocycles. The lowest BCUT2D eigenvalue weighted by Crippen LogP contribution is -2.54. The lowest BCUT2D eigenvalue weighted by molar-refractivity contribution is -0.158. The summed E-state index contributed by atoms with van der Waals surface area (Å²) >= 11 is 0. The van der Waals surface area contributed by atoms with Crippen LogP contribution in [0.3, 0.4) is 0 Å². The van der Waals surface area contributed by atoms with E-state index in [-0.39, 0.29) is 12.1 Å². The van der Waals surface area contributed by atoms with E-state index < -0.39 is 0 Å². The minimum absolute atomic E-state index is 0.105. The number of esters is 1. The van der Waals surface area contributed by atoms with E-state index in [1.807, 2.05) is 0 Å². The van der Waals surface area contributed by atoms with Crippen molar-refractivity contribution in [1.29, 1.82) is 0 Å². The predicted octanol–water partition coefficient (Wildman–Crippen LogP) is 8.52. The second-order valence-electron chi connectivity index (χ2n) is 13.3. The smallest absolute Gasteiger partial charge is 0.333 e. The molecule has 0 aromatic heterocycles. The fourth-order valence-corrected chi connectivity index (χ4v) is 9.48. The molecule has 0 N–H and O–H groups in total. The molecule has 0 aromatic carbocycles. The molecular weight excluding hydrogens is 404 g/mol. The Morgan fingerprint density at radius 1 is 0.970 bits per heavy atom. The van der Waals surface area contributed by atoms with Crippen LogP contribution < -0.4 is 0 Å². The van der Waals surface area contributed by atoms with Crippen LogP contribution in [0.15, 0.2) is 24.3 Å². The molecule has 0 aromatic rings. The van der Waals surface area contributed by atoms with Crippen LogP contribution in [0.5, 0.6) is 0 Å². The molecule has 4 aliphatic rings. The second-order valence-corrected chi connectivity index (χ2v) is 13.3.